The lowest BCUT2D eigenvalue weighted by molar-refractivity contribution is -0.124. The van der Waals surface area contributed by atoms with Gasteiger partial charge in [0.15, 0.2) is 5.16 Å². The van der Waals surface area contributed by atoms with Crippen LogP contribution in [0, 0.1) is 11.8 Å². The van der Waals surface area contributed by atoms with Gasteiger partial charge in [0.05, 0.1) is 11.1 Å². The average Bonchev–Trinajstić information content (AvgIpc) is 3.24. The number of rotatable bonds is 5. The smallest absolute Gasteiger partial charge is 0.324 e. The first-order valence-electron chi connectivity index (χ1n) is 10.1. The Balaban J connectivity index is 1.69. The monoisotopic (exact) mass is 434 g/mol. The molecule has 1 unspecified atom stereocenters. The summed E-state index contributed by atoms with van der Waals surface area (Å²) >= 11 is 2.87. The van der Waals surface area contributed by atoms with Gasteiger partial charge in [-0.15, -0.1) is 11.3 Å². The van der Waals surface area contributed by atoms with Crippen LogP contribution in [0.25, 0.3) is 10.2 Å². The number of hydrogen-bond acceptors (Lipinski definition) is 6. The molecular weight excluding hydrogens is 408 g/mol. The fourth-order valence-electron chi connectivity index (χ4n) is 3.95. The minimum atomic E-state index is -0.348. The lowest BCUT2D eigenvalue weighted by atomic mass is 9.89. The number of aryl methyl sites for hydroxylation is 1. The molecule has 1 fully saturated rings. The zero-order valence-electron chi connectivity index (χ0n) is 17.0. The van der Waals surface area contributed by atoms with Gasteiger partial charge < -0.3 is 5.32 Å². The molecule has 156 valence electrons. The number of carbonyl (C=O) groups excluding carboxylic acids is 2. The van der Waals surface area contributed by atoms with Crippen molar-refractivity contribution in [3.8, 4) is 0 Å². The van der Waals surface area contributed by atoms with Crippen molar-refractivity contribution in [3.05, 3.63) is 20.8 Å². The molecule has 1 atom stereocenters. The van der Waals surface area contributed by atoms with Gasteiger partial charge in [0, 0.05) is 24.5 Å². The van der Waals surface area contributed by atoms with Crippen molar-refractivity contribution in [1.82, 2.24) is 19.8 Å². The fourth-order valence-corrected chi connectivity index (χ4v) is 6.26. The van der Waals surface area contributed by atoms with E-state index in [4.69, 9.17) is 4.98 Å². The van der Waals surface area contributed by atoms with Gasteiger partial charge in [-0.1, -0.05) is 32.5 Å². The largest absolute Gasteiger partial charge is 0.336 e. The normalized spacial score (nSPS) is 19.1. The Morgan fingerprint density at radius 1 is 1.38 bits per heavy atom. The molecule has 1 aliphatic carbocycles. The zero-order chi connectivity index (χ0) is 20.7. The third-order valence-electron chi connectivity index (χ3n) is 5.41. The summed E-state index contributed by atoms with van der Waals surface area (Å²) in [6.07, 6.45) is 3.04. The Morgan fingerprint density at radius 2 is 2.17 bits per heavy atom. The molecule has 4 rings (SSSR count). The Kier molecular flexibility index (Phi) is 5.70. The van der Waals surface area contributed by atoms with E-state index >= 15 is 0 Å². The highest BCUT2D eigenvalue weighted by atomic mass is 32.2. The van der Waals surface area contributed by atoms with Crippen molar-refractivity contribution in [2.24, 2.45) is 11.8 Å². The van der Waals surface area contributed by atoms with Crippen molar-refractivity contribution >= 4 is 45.3 Å². The predicted octanol–water partition coefficient (Wildman–Crippen LogP) is 2.88. The van der Waals surface area contributed by atoms with E-state index < -0.39 is 0 Å². The quantitative estimate of drug-likeness (QED) is 0.578. The van der Waals surface area contributed by atoms with Crippen LogP contribution >= 0.6 is 23.1 Å². The summed E-state index contributed by atoms with van der Waals surface area (Å²) in [4.78, 5) is 45.7. The van der Waals surface area contributed by atoms with Crippen LogP contribution in [0.2, 0.25) is 0 Å². The highest BCUT2D eigenvalue weighted by Gasteiger charge is 2.28. The van der Waals surface area contributed by atoms with Crippen LogP contribution in [0.4, 0.5) is 4.79 Å². The Labute approximate surface area is 177 Å². The number of nitrogens with one attached hydrogen (secondary N) is 1. The topological polar surface area (TPSA) is 84.3 Å². The second-order valence-corrected chi connectivity index (χ2v) is 10.3. The van der Waals surface area contributed by atoms with Gasteiger partial charge in [-0.2, -0.15) is 0 Å². The molecule has 9 heteroatoms. The molecule has 3 heterocycles. The first-order valence-corrected chi connectivity index (χ1v) is 11.9. The molecule has 0 bridgehead atoms. The minimum Gasteiger partial charge on any atom is -0.336 e. The Morgan fingerprint density at radius 3 is 2.86 bits per heavy atom. The maximum absolute atomic E-state index is 13.4. The van der Waals surface area contributed by atoms with E-state index in [1.165, 1.54) is 27.1 Å². The van der Waals surface area contributed by atoms with Crippen LogP contribution in [0.3, 0.4) is 0 Å². The molecule has 29 heavy (non-hydrogen) atoms. The van der Waals surface area contributed by atoms with E-state index in [1.54, 1.807) is 15.9 Å². The van der Waals surface area contributed by atoms with Crippen LogP contribution in [-0.2, 0) is 24.2 Å². The first-order chi connectivity index (χ1) is 13.8. The fraction of sp³-hybridized carbons (Fsp3) is 0.600. The maximum atomic E-state index is 13.4. The predicted molar refractivity (Wildman–Crippen MR) is 116 cm³/mol. The number of fused-ring (bicyclic) bond motifs is 3. The molecule has 2 aromatic heterocycles. The first kappa shape index (κ1) is 20.4. The van der Waals surface area contributed by atoms with Crippen molar-refractivity contribution in [3.63, 3.8) is 0 Å². The summed E-state index contributed by atoms with van der Waals surface area (Å²) < 4.78 is 1.72. The number of carbonyl (C=O) groups is 2. The minimum absolute atomic E-state index is 0.00428. The Bertz CT molecular complexity index is 1030. The van der Waals surface area contributed by atoms with E-state index in [0.717, 1.165) is 29.5 Å². The molecule has 2 aliphatic rings. The van der Waals surface area contributed by atoms with Gasteiger partial charge in [0.25, 0.3) is 5.56 Å². The highest BCUT2D eigenvalue weighted by molar-refractivity contribution is 7.99. The number of nitrogens with zero attached hydrogens (tertiary/aromatic N) is 3. The number of hydrogen-bond donors (Lipinski definition) is 1. The summed E-state index contributed by atoms with van der Waals surface area (Å²) in [5.74, 6) is 0.744. The van der Waals surface area contributed by atoms with Gasteiger partial charge in [0.2, 0.25) is 5.91 Å². The second-order valence-electron chi connectivity index (χ2n) is 8.30. The molecule has 7 nitrogen and oxygen atoms in total. The molecule has 1 saturated heterocycles. The molecule has 2 aromatic rings. The standard InChI is InChI=1S/C20H26N4O3S2/c1-11(2)9-24-18(26)16-13-5-4-12(3)8-14(13)29-17(16)22-20(24)28-10-15(25)23-7-6-21-19(23)27/h11-12H,4-10H2,1-3H3,(H,21,27). The van der Waals surface area contributed by atoms with Crippen molar-refractivity contribution in [1.29, 1.82) is 0 Å². The number of urea groups is 1. The van der Waals surface area contributed by atoms with E-state index in [2.05, 4.69) is 26.1 Å². The van der Waals surface area contributed by atoms with E-state index in [9.17, 15) is 14.4 Å². The van der Waals surface area contributed by atoms with Crippen LogP contribution in [0.5, 0.6) is 0 Å². The third kappa shape index (κ3) is 3.94. The average molecular weight is 435 g/mol. The van der Waals surface area contributed by atoms with Gasteiger partial charge >= 0.3 is 6.03 Å². The summed E-state index contributed by atoms with van der Waals surface area (Å²) in [7, 11) is 0. The number of imide groups is 1. The van der Waals surface area contributed by atoms with Crippen molar-refractivity contribution in [2.45, 2.75) is 51.7 Å². The second kappa shape index (κ2) is 8.10. The molecule has 0 saturated carbocycles. The number of aromatic nitrogens is 2. The molecule has 1 aliphatic heterocycles. The van der Waals surface area contributed by atoms with Gasteiger partial charge in [-0.05, 0) is 36.7 Å². The van der Waals surface area contributed by atoms with Crippen molar-refractivity contribution in [2.75, 3.05) is 18.8 Å². The molecule has 0 radical (unpaired) electrons. The van der Waals surface area contributed by atoms with Gasteiger partial charge in [-0.25, -0.2) is 9.78 Å². The molecule has 0 spiro atoms. The van der Waals surface area contributed by atoms with Crippen LogP contribution in [0.1, 0.15) is 37.6 Å². The number of thiophene rings is 1. The zero-order valence-corrected chi connectivity index (χ0v) is 18.6. The molecule has 1 N–H and O–H groups in total. The summed E-state index contributed by atoms with van der Waals surface area (Å²) in [5, 5.41) is 3.97. The van der Waals surface area contributed by atoms with Crippen LogP contribution in [-0.4, -0.2) is 45.2 Å². The molecule has 0 aromatic carbocycles. The highest BCUT2D eigenvalue weighted by Crippen LogP contribution is 2.36. The van der Waals surface area contributed by atoms with E-state index in [-0.39, 0.29) is 29.2 Å². The summed E-state index contributed by atoms with van der Waals surface area (Å²) in [6.45, 7) is 7.81. The summed E-state index contributed by atoms with van der Waals surface area (Å²) in [5.41, 5.74) is 1.18. The lowest BCUT2D eigenvalue weighted by Gasteiger charge is -2.18. The van der Waals surface area contributed by atoms with E-state index in [0.29, 0.717) is 30.7 Å². The lowest BCUT2D eigenvalue weighted by Crippen LogP contribution is -2.35. The van der Waals surface area contributed by atoms with Crippen LogP contribution in [0.15, 0.2) is 9.95 Å². The van der Waals surface area contributed by atoms with Crippen molar-refractivity contribution < 1.29 is 9.59 Å². The molecule has 3 amide bonds. The summed E-state index contributed by atoms with van der Waals surface area (Å²) in [6, 6.07) is -0.348. The van der Waals surface area contributed by atoms with Crippen LogP contribution < -0.4 is 10.9 Å². The maximum Gasteiger partial charge on any atom is 0.324 e. The van der Waals surface area contributed by atoms with Gasteiger partial charge in [-0.3, -0.25) is 19.1 Å². The SMILES string of the molecule is CC(C)Cn1c(SCC(=O)N2CCNC2=O)nc2sc3c(c2c1=O)CCC(C)C3. The number of amides is 3. The molecular formula is C20H26N4O3S2. The van der Waals surface area contributed by atoms with E-state index in [1.807, 2.05) is 0 Å². The number of thioether (sulfide) groups is 1. The van der Waals surface area contributed by atoms with Gasteiger partial charge in [0.1, 0.15) is 4.83 Å². The Hall–Kier alpha value is -1.87. The third-order valence-corrected chi connectivity index (χ3v) is 7.52.